The van der Waals surface area contributed by atoms with E-state index in [1.165, 1.54) is 0 Å². The summed E-state index contributed by atoms with van der Waals surface area (Å²) in [6, 6.07) is 15.4. The van der Waals surface area contributed by atoms with Crippen LogP contribution in [-0.2, 0) is 0 Å². The molecule has 0 unspecified atom stereocenters. The first kappa shape index (κ1) is 15.8. The Labute approximate surface area is 140 Å². The lowest BCUT2D eigenvalue weighted by Crippen LogP contribution is -2.27. The van der Waals surface area contributed by atoms with E-state index < -0.39 is 0 Å². The quantitative estimate of drug-likeness (QED) is 0.945. The van der Waals surface area contributed by atoms with Gasteiger partial charge in [-0.2, -0.15) is 5.26 Å². The van der Waals surface area contributed by atoms with Crippen molar-refractivity contribution in [1.29, 1.82) is 5.26 Å². The molecule has 1 aliphatic rings. The SMILES string of the molecule is N#Cc1ccc(C(=O)Nc2ccc(C(=O)N3CCCC3)cc2)cc1. The van der Waals surface area contributed by atoms with Crippen LogP contribution in [0.2, 0.25) is 0 Å². The number of carbonyl (C=O) groups is 2. The zero-order chi connectivity index (χ0) is 16.9. The highest BCUT2D eigenvalue weighted by molar-refractivity contribution is 6.04. The third-order valence-corrected chi connectivity index (χ3v) is 4.06. The number of hydrogen-bond acceptors (Lipinski definition) is 3. The van der Waals surface area contributed by atoms with Crippen molar-refractivity contribution in [3.8, 4) is 6.07 Å². The summed E-state index contributed by atoms with van der Waals surface area (Å²) in [4.78, 5) is 26.3. The van der Waals surface area contributed by atoms with Gasteiger partial charge in [-0.3, -0.25) is 9.59 Å². The summed E-state index contributed by atoms with van der Waals surface area (Å²) in [5, 5.41) is 11.6. The fraction of sp³-hybridized carbons (Fsp3) is 0.211. The maximum Gasteiger partial charge on any atom is 0.255 e. The Morgan fingerprint density at radius 2 is 1.50 bits per heavy atom. The Hall–Kier alpha value is -3.13. The van der Waals surface area contributed by atoms with E-state index in [0.29, 0.717) is 22.4 Å². The molecule has 2 amide bonds. The predicted molar refractivity (Wildman–Crippen MR) is 90.7 cm³/mol. The van der Waals surface area contributed by atoms with Crippen LogP contribution in [0.25, 0.3) is 0 Å². The lowest BCUT2D eigenvalue weighted by Gasteiger charge is -2.15. The number of nitrogens with one attached hydrogen (secondary N) is 1. The number of amides is 2. The van der Waals surface area contributed by atoms with Gasteiger partial charge in [-0.05, 0) is 61.4 Å². The molecule has 2 aromatic carbocycles. The monoisotopic (exact) mass is 319 g/mol. The maximum absolute atomic E-state index is 12.3. The highest BCUT2D eigenvalue weighted by atomic mass is 16.2. The molecular weight excluding hydrogens is 302 g/mol. The standard InChI is InChI=1S/C19H17N3O2/c20-13-14-3-5-15(6-4-14)18(23)21-17-9-7-16(8-10-17)19(24)22-11-1-2-12-22/h3-10H,1-2,11-12H2,(H,21,23). The summed E-state index contributed by atoms with van der Waals surface area (Å²) >= 11 is 0. The molecule has 1 heterocycles. The van der Waals surface area contributed by atoms with E-state index >= 15 is 0 Å². The van der Waals surface area contributed by atoms with Crippen LogP contribution >= 0.6 is 0 Å². The minimum Gasteiger partial charge on any atom is -0.339 e. The van der Waals surface area contributed by atoms with Crippen LogP contribution in [0.1, 0.15) is 39.1 Å². The third kappa shape index (κ3) is 3.44. The van der Waals surface area contributed by atoms with E-state index in [4.69, 9.17) is 5.26 Å². The molecule has 5 nitrogen and oxygen atoms in total. The van der Waals surface area contributed by atoms with Crippen molar-refractivity contribution in [2.75, 3.05) is 18.4 Å². The van der Waals surface area contributed by atoms with Crippen molar-refractivity contribution in [2.24, 2.45) is 0 Å². The van der Waals surface area contributed by atoms with Gasteiger partial charge in [0.05, 0.1) is 11.6 Å². The first-order valence-electron chi connectivity index (χ1n) is 7.88. The second-order valence-electron chi connectivity index (χ2n) is 5.72. The molecule has 1 saturated heterocycles. The van der Waals surface area contributed by atoms with Crippen LogP contribution in [0.15, 0.2) is 48.5 Å². The number of likely N-dealkylation sites (tertiary alicyclic amines) is 1. The zero-order valence-corrected chi connectivity index (χ0v) is 13.2. The van der Waals surface area contributed by atoms with E-state index in [9.17, 15) is 9.59 Å². The molecular formula is C19H17N3O2. The second-order valence-corrected chi connectivity index (χ2v) is 5.72. The van der Waals surface area contributed by atoms with E-state index in [0.717, 1.165) is 25.9 Å². The number of nitriles is 1. The molecule has 2 aromatic rings. The topological polar surface area (TPSA) is 73.2 Å². The van der Waals surface area contributed by atoms with Crippen molar-refractivity contribution in [3.05, 3.63) is 65.2 Å². The van der Waals surface area contributed by atoms with Crippen LogP contribution in [0.3, 0.4) is 0 Å². The third-order valence-electron chi connectivity index (χ3n) is 4.06. The van der Waals surface area contributed by atoms with Crippen molar-refractivity contribution >= 4 is 17.5 Å². The van der Waals surface area contributed by atoms with Gasteiger partial charge in [0.1, 0.15) is 0 Å². The number of anilines is 1. The Morgan fingerprint density at radius 3 is 2.08 bits per heavy atom. The Morgan fingerprint density at radius 1 is 0.917 bits per heavy atom. The molecule has 0 atom stereocenters. The second kappa shape index (κ2) is 6.97. The van der Waals surface area contributed by atoms with Gasteiger partial charge in [-0.15, -0.1) is 0 Å². The number of carbonyl (C=O) groups excluding carboxylic acids is 2. The van der Waals surface area contributed by atoms with E-state index in [1.54, 1.807) is 48.5 Å². The normalized spacial score (nSPS) is 13.4. The highest BCUT2D eigenvalue weighted by Gasteiger charge is 2.19. The molecule has 5 heteroatoms. The average Bonchev–Trinajstić information content (AvgIpc) is 3.16. The summed E-state index contributed by atoms with van der Waals surface area (Å²) < 4.78 is 0. The van der Waals surface area contributed by atoms with Crippen LogP contribution in [0.5, 0.6) is 0 Å². The highest BCUT2D eigenvalue weighted by Crippen LogP contribution is 2.16. The average molecular weight is 319 g/mol. The molecule has 1 fully saturated rings. The fourth-order valence-corrected chi connectivity index (χ4v) is 2.70. The molecule has 0 saturated carbocycles. The van der Waals surface area contributed by atoms with Crippen LogP contribution < -0.4 is 5.32 Å². The summed E-state index contributed by atoms with van der Waals surface area (Å²) in [6.45, 7) is 1.63. The minimum absolute atomic E-state index is 0.0393. The van der Waals surface area contributed by atoms with Crippen molar-refractivity contribution < 1.29 is 9.59 Å². The molecule has 120 valence electrons. The van der Waals surface area contributed by atoms with Crippen LogP contribution in [0, 0.1) is 11.3 Å². The number of benzene rings is 2. The van der Waals surface area contributed by atoms with E-state index in [-0.39, 0.29) is 11.8 Å². The number of hydrogen-bond donors (Lipinski definition) is 1. The lowest BCUT2D eigenvalue weighted by molar-refractivity contribution is 0.0792. The molecule has 1 aliphatic heterocycles. The van der Waals surface area contributed by atoms with Gasteiger partial charge in [0, 0.05) is 29.9 Å². The molecule has 1 N–H and O–H groups in total. The molecule has 0 spiro atoms. The summed E-state index contributed by atoms with van der Waals surface area (Å²) in [5.41, 5.74) is 2.25. The Bertz CT molecular complexity index is 783. The molecule has 0 bridgehead atoms. The molecule has 24 heavy (non-hydrogen) atoms. The van der Waals surface area contributed by atoms with Gasteiger partial charge in [-0.1, -0.05) is 0 Å². The lowest BCUT2D eigenvalue weighted by atomic mass is 10.1. The van der Waals surface area contributed by atoms with Crippen LogP contribution in [-0.4, -0.2) is 29.8 Å². The van der Waals surface area contributed by atoms with E-state index in [2.05, 4.69) is 5.32 Å². The van der Waals surface area contributed by atoms with Crippen LogP contribution in [0.4, 0.5) is 5.69 Å². The molecule has 0 aliphatic carbocycles. The van der Waals surface area contributed by atoms with E-state index in [1.807, 2.05) is 11.0 Å². The Balaban J connectivity index is 1.66. The van der Waals surface area contributed by atoms with Gasteiger partial charge in [-0.25, -0.2) is 0 Å². The van der Waals surface area contributed by atoms with Crippen molar-refractivity contribution in [2.45, 2.75) is 12.8 Å². The molecule has 0 radical (unpaired) electrons. The zero-order valence-electron chi connectivity index (χ0n) is 13.2. The van der Waals surface area contributed by atoms with Gasteiger partial charge < -0.3 is 10.2 Å². The fourth-order valence-electron chi connectivity index (χ4n) is 2.70. The first-order valence-corrected chi connectivity index (χ1v) is 7.88. The largest absolute Gasteiger partial charge is 0.339 e. The van der Waals surface area contributed by atoms with Gasteiger partial charge >= 0.3 is 0 Å². The van der Waals surface area contributed by atoms with Crippen molar-refractivity contribution in [3.63, 3.8) is 0 Å². The van der Waals surface area contributed by atoms with Gasteiger partial charge in [0.25, 0.3) is 11.8 Å². The summed E-state index contributed by atoms with van der Waals surface area (Å²) in [6.07, 6.45) is 2.12. The predicted octanol–water partition coefficient (Wildman–Crippen LogP) is 3.05. The van der Waals surface area contributed by atoms with Gasteiger partial charge in [0.2, 0.25) is 0 Å². The summed E-state index contributed by atoms with van der Waals surface area (Å²) in [5.74, 6) is -0.212. The maximum atomic E-state index is 12.3. The van der Waals surface area contributed by atoms with Gasteiger partial charge in [0.15, 0.2) is 0 Å². The Kier molecular flexibility index (Phi) is 4.57. The molecule has 3 rings (SSSR count). The minimum atomic E-state index is -0.252. The summed E-state index contributed by atoms with van der Waals surface area (Å²) in [7, 11) is 0. The van der Waals surface area contributed by atoms with Crippen molar-refractivity contribution in [1.82, 2.24) is 4.90 Å². The molecule has 0 aromatic heterocycles. The smallest absolute Gasteiger partial charge is 0.255 e. The number of rotatable bonds is 3. The first-order chi connectivity index (χ1) is 11.7. The number of nitrogens with zero attached hydrogens (tertiary/aromatic N) is 2.